The van der Waals surface area contributed by atoms with Crippen LogP contribution in [0.2, 0.25) is 5.02 Å². The van der Waals surface area contributed by atoms with Gasteiger partial charge in [0.2, 0.25) is 5.95 Å². The lowest BCUT2D eigenvalue weighted by Crippen LogP contribution is -1.98. The van der Waals surface area contributed by atoms with Gasteiger partial charge in [0.05, 0.1) is 10.6 Å². The Balaban J connectivity index is 1.89. The van der Waals surface area contributed by atoms with Crippen LogP contribution in [0.3, 0.4) is 0 Å². The highest BCUT2D eigenvalue weighted by atomic mass is 35.5. The summed E-state index contributed by atoms with van der Waals surface area (Å²) < 4.78 is 0. The highest BCUT2D eigenvalue weighted by Crippen LogP contribution is 2.25. The Bertz CT molecular complexity index is 915. The van der Waals surface area contributed by atoms with Crippen LogP contribution in [0.1, 0.15) is 5.56 Å². The van der Waals surface area contributed by atoms with E-state index < -0.39 is 4.92 Å². The molecule has 3 rings (SSSR count). The van der Waals surface area contributed by atoms with Crippen LogP contribution >= 0.6 is 11.6 Å². The molecular weight excluding hydrogens is 328 g/mol. The monoisotopic (exact) mass is 340 g/mol. The van der Waals surface area contributed by atoms with Crippen molar-refractivity contribution in [2.45, 2.75) is 6.92 Å². The van der Waals surface area contributed by atoms with E-state index in [1.165, 1.54) is 12.1 Å². The van der Waals surface area contributed by atoms with Crippen molar-refractivity contribution in [3.63, 3.8) is 0 Å². The molecule has 7 heteroatoms. The summed E-state index contributed by atoms with van der Waals surface area (Å²) in [5.74, 6) is 0.352. The Morgan fingerprint density at radius 2 is 2.00 bits per heavy atom. The first kappa shape index (κ1) is 15.9. The van der Waals surface area contributed by atoms with Crippen molar-refractivity contribution < 1.29 is 4.92 Å². The van der Waals surface area contributed by atoms with Gasteiger partial charge in [-0.3, -0.25) is 10.1 Å². The Morgan fingerprint density at radius 3 is 2.75 bits per heavy atom. The van der Waals surface area contributed by atoms with Gasteiger partial charge in [0.1, 0.15) is 0 Å². The van der Waals surface area contributed by atoms with Crippen LogP contribution < -0.4 is 5.32 Å². The molecule has 0 amide bonds. The number of benzene rings is 2. The van der Waals surface area contributed by atoms with E-state index in [9.17, 15) is 10.1 Å². The Labute approximate surface area is 143 Å². The molecule has 2 aromatic carbocycles. The molecule has 1 N–H and O–H groups in total. The van der Waals surface area contributed by atoms with Gasteiger partial charge in [-0.2, -0.15) is 0 Å². The zero-order valence-electron chi connectivity index (χ0n) is 12.7. The average Bonchev–Trinajstić information content (AvgIpc) is 2.58. The largest absolute Gasteiger partial charge is 0.324 e. The maximum Gasteiger partial charge on any atom is 0.271 e. The molecule has 6 nitrogen and oxygen atoms in total. The van der Waals surface area contributed by atoms with Crippen molar-refractivity contribution in [3.05, 3.63) is 75.4 Å². The van der Waals surface area contributed by atoms with E-state index in [-0.39, 0.29) is 5.69 Å². The number of nitrogens with zero attached hydrogens (tertiary/aromatic N) is 3. The van der Waals surface area contributed by atoms with Crippen molar-refractivity contribution in [2.75, 3.05) is 5.32 Å². The van der Waals surface area contributed by atoms with E-state index in [2.05, 4.69) is 15.3 Å². The zero-order valence-corrected chi connectivity index (χ0v) is 13.5. The van der Waals surface area contributed by atoms with Crippen LogP contribution in [-0.2, 0) is 0 Å². The van der Waals surface area contributed by atoms with Crippen molar-refractivity contribution in [3.8, 4) is 11.3 Å². The highest BCUT2D eigenvalue weighted by molar-refractivity contribution is 6.31. The summed E-state index contributed by atoms with van der Waals surface area (Å²) in [5.41, 5.74) is 3.11. The minimum absolute atomic E-state index is 0.00136. The molecule has 3 aromatic rings. The summed E-state index contributed by atoms with van der Waals surface area (Å²) in [6, 6.07) is 13.6. The Kier molecular flexibility index (Phi) is 4.39. The van der Waals surface area contributed by atoms with Crippen LogP contribution in [0.4, 0.5) is 17.3 Å². The fourth-order valence-electron chi connectivity index (χ4n) is 2.16. The van der Waals surface area contributed by atoms with Crippen LogP contribution in [0.5, 0.6) is 0 Å². The van der Waals surface area contributed by atoms with E-state index >= 15 is 0 Å². The third-order valence-corrected chi connectivity index (χ3v) is 3.84. The summed E-state index contributed by atoms with van der Waals surface area (Å²) in [5, 5.41) is 14.5. The maximum atomic E-state index is 10.8. The molecule has 0 aliphatic rings. The van der Waals surface area contributed by atoms with Gasteiger partial charge in [0.15, 0.2) is 0 Å². The number of anilines is 2. The second-order valence-corrected chi connectivity index (χ2v) is 5.57. The van der Waals surface area contributed by atoms with E-state index in [0.717, 1.165) is 11.1 Å². The number of aromatic nitrogens is 2. The molecule has 0 unspecified atom stereocenters. The van der Waals surface area contributed by atoms with Crippen LogP contribution in [-0.4, -0.2) is 14.9 Å². The minimum atomic E-state index is -0.448. The van der Waals surface area contributed by atoms with Crippen molar-refractivity contribution in [2.24, 2.45) is 0 Å². The average molecular weight is 341 g/mol. The van der Waals surface area contributed by atoms with Crippen molar-refractivity contribution in [1.82, 2.24) is 9.97 Å². The molecule has 0 aliphatic heterocycles. The van der Waals surface area contributed by atoms with Gasteiger partial charge in [0.25, 0.3) is 5.69 Å². The van der Waals surface area contributed by atoms with Gasteiger partial charge in [-0.05, 0) is 30.7 Å². The number of halogens is 1. The molecule has 0 bridgehead atoms. The molecule has 0 aliphatic carbocycles. The summed E-state index contributed by atoms with van der Waals surface area (Å²) in [6.07, 6.45) is 1.62. The van der Waals surface area contributed by atoms with E-state index in [1.54, 1.807) is 24.4 Å². The number of hydrogen-bond donors (Lipinski definition) is 1. The minimum Gasteiger partial charge on any atom is -0.324 e. The Morgan fingerprint density at radius 1 is 1.17 bits per heavy atom. The van der Waals surface area contributed by atoms with E-state index in [4.69, 9.17) is 11.6 Å². The molecule has 0 radical (unpaired) electrons. The number of hydrogen-bond acceptors (Lipinski definition) is 5. The number of rotatable bonds is 4. The second kappa shape index (κ2) is 6.64. The van der Waals surface area contributed by atoms with Gasteiger partial charge >= 0.3 is 0 Å². The lowest BCUT2D eigenvalue weighted by Gasteiger charge is -2.07. The predicted molar refractivity (Wildman–Crippen MR) is 93.6 cm³/mol. The van der Waals surface area contributed by atoms with Gasteiger partial charge in [0, 0.05) is 34.6 Å². The van der Waals surface area contributed by atoms with Gasteiger partial charge in [-0.1, -0.05) is 29.8 Å². The number of nitrogens with one attached hydrogen (secondary N) is 1. The van der Waals surface area contributed by atoms with Crippen LogP contribution in [0, 0.1) is 17.0 Å². The SMILES string of the molecule is Cc1ccc(-c2ccnc(Nc3cccc([N+](=O)[O-])c3)n2)cc1Cl. The first-order valence-electron chi connectivity index (χ1n) is 7.14. The quantitative estimate of drug-likeness (QED) is 0.547. The molecule has 0 saturated carbocycles. The van der Waals surface area contributed by atoms with Gasteiger partial charge < -0.3 is 5.32 Å². The molecule has 0 saturated heterocycles. The standard InChI is InChI=1S/C17H13ClN4O2/c1-11-5-6-12(9-15(11)18)16-7-8-19-17(21-16)20-13-3-2-4-14(10-13)22(23)24/h2-10H,1H3,(H,19,20,21). The molecule has 0 fully saturated rings. The van der Waals surface area contributed by atoms with Crippen molar-refractivity contribution >= 4 is 28.9 Å². The van der Waals surface area contributed by atoms with E-state index in [1.807, 2.05) is 25.1 Å². The van der Waals surface area contributed by atoms with E-state index in [0.29, 0.717) is 22.4 Å². The van der Waals surface area contributed by atoms with Crippen LogP contribution in [0.15, 0.2) is 54.7 Å². The molecule has 0 spiro atoms. The molecule has 24 heavy (non-hydrogen) atoms. The van der Waals surface area contributed by atoms with Gasteiger partial charge in [-0.15, -0.1) is 0 Å². The topological polar surface area (TPSA) is 81.0 Å². The smallest absolute Gasteiger partial charge is 0.271 e. The lowest BCUT2D eigenvalue weighted by molar-refractivity contribution is -0.384. The molecular formula is C17H13ClN4O2. The summed E-state index contributed by atoms with van der Waals surface area (Å²) in [4.78, 5) is 19.0. The zero-order chi connectivity index (χ0) is 17.1. The normalized spacial score (nSPS) is 10.4. The fourth-order valence-corrected chi connectivity index (χ4v) is 2.34. The predicted octanol–water partition coefficient (Wildman–Crippen LogP) is 4.76. The number of non-ortho nitro benzene ring substituents is 1. The number of aryl methyl sites for hydroxylation is 1. The molecule has 0 atom stereocenters. The van der Waals surface area contributed by atoms with Gasteiger partial charge in [-0.25, -0.2) is 9.97 Å². The molecule has 1 aromatic heterocycles. The third kappa shape index (κ3) is 3.49. The second-order valence-electron chi connectivity index (χ2n) is 5.16. The fraction of sp³-hybridized carbons (Fsp3) is 0.0588. The maximum absolute atomic E-state index is 10.8. The third-order valence-electron chi connectivity index (χ3n) is 3.44. The van der Waals surface area contributed by atoms with Crippen molar-refractivity contribution in [1.29, 1.82) is 0 Å². The lowest BCUT2D eigenvalue weighted by atomic mass is 10.1. The van der Waals surface area contributed by atoms with Crippen LogP contribution in [0.25, 0.3) is 11.3 Å². The summed E-state index contributed by atoms with van der Waals surface area (Å²) >= 11 is 6.16. The number of nitro groups is 1. The molecule has 1 heterocycles. The summed E-state index contributed by atoms with van der Waals surface area (Å²) in [7, 11) is 0. The highest BCUT2D eigenvalue weighted by Gasteiger charge is 2.08. The first-order valence-corrected chi connectivity index (χ1v) is 7.52. The Hall–Kier alpha value is -2.99. The first-order chi connectivity index (χ1) is 11.5. The summed E-state index contributed by atoms with van der Waals surface area (Å²) in [6.45, 7) is 1.93. The molecule has 120 valence electrons. The number of nitro benzene ring substituents is 1.